The number of nitrogens with zero attached hydrogens (tertiary/aromatic N) is 3. The van der Waals surface area contributed by atoms with Crippen LogP contribution in [0, 0.1) is 0 Å². The Bertz CT molecular complexity index is 535. The van der Waals surface area contributed by atoms with Crippen molar-refractivity contribution >= 4 is 29.9 Å². The van der Waals surface area contributed by atoms with Crippen LogP contribution in [0.2, 0.25) is 0 Å². The number of rotatable bonds is 12. The van der Waals surface area contributed by atoms with Gasteiger partial charge in [0.1, 0.15) is 5.75 Å². The highest BCUT2D eigenvalue weighted by Gasteiger charge is 2.14. The Morgan fingerprint density at radius 3 is 2.38 bits per heavy atom. The molecular weight excluding hydrogens is 477 g/mol. The Balaban J connectivity index is 0.00000420. The van der Waals surface area contributed by atoms with Crippen molar-refractivity contribution in [2.45, 2.75) is 33.1 Å². The molecule has 0 radical (unpaired) electrons. The molecule has 2 rings (SSSR count). The van der Waals surface area contributed by atoms with Crippen molar-refractivity contribution in [2.75, 3.05) is 65.5 Å². The molecule has 0 atom stereocenters. The molecule has 0 bridgehead atoms. The molecule has 29 heavy (non-hydrogen) atoms. The zero-order chi connectivity index (χ0) is 19.9. The molecular formula is C22H40IN5O. The number of ether oxygens (including phenoxy) is 1. The van der Waals surface area contributed by atoms with Gasteiger partial charge in [0.05, 0.1) is 6.61 Å². The molecule has 166 valence electrons. The van der Waals surface area contributed by atoms with Gasteiger partial charge in [-0.05, 0) is 45.0 Å². The van der Waals surface area contributed by atoms with Gasteiger partial charge in [0.2, 0.25) is 0 Å². The molecule has 1 aliphatic rings. The lowest BCUT2D eigenvalue weighted by atomic mass is 10.2. The summed E-state index contributed by atoms with van der Waals surface area (Å²) in [4.78, 5) is 9.77. The quantitative estimate of drug-likeness (QED) is 0.193. The number of likely N-dealkylation sites (N-methyl/N-ethyl adjacent to an activating group) is 1. The Labute approximate surface area is 194 Å². The summed E-state index contributed by atoms with van der Waals surface area (Å²) in [5.41, 5.74) is 0. The molecule has 0 amide bonds. The summed E-state index contributed by atoms with van der Waals surface area (Å²) in [6.45, 7) is 14.9. The molecule has 0 spiro atoms. The summed E-state index contributed by atoms with van der Waals surface area (Å²) in [6.07, 6.45) is 3.33. The second-order valence-corrected chi connectivity index (χ2v) is 7.19. The van der Waals surface area contributed by atoms with Crippen molar-refractivity contribution in [3.63, 3.8) is 0 Å². The predicted molar refractivity (Wildman–Crippen MR) is 134 cm³/mol. The molecule has 1 fully saturated rings. The molecule has 0 unspecified atom stereocenters. The molecule has 2 N–H and O–H groups in total. The molecule has 1 heterocycles. The fraction of sp³-hybridized carbons (Fsp3) is 0.682. The predicted octanol–water partition coefficient (Wildman–Crippen LogP) is 3.05. The van der Waals surface area contributed by atoms with Crippen LogP contribution in [0.5, 0.6) is 5.75 Å². The lowest BCUT2D eigenvalue weighted by molar-refractivity contribution is 0.136. The van der Waals surface area contributed by atoms with E-state index in [4.69, 9.17) is 4.74 Å². The fourth-order valence-electron chi connectivity index (χ4n) is 3.30. The lowest BCUT2D eigenvalue weighted by Crippen LogP contribution is -2.46. The third-order valence-electron chi connectivity index (χ3n) is 5.03. The first-order valence-electron chi connectivity index (χ1n) is 11.0. The summed E-state index contributed by atoms with van der Waals surface area (Å²) in [7, 11) is 0. The number of nitrogens with one attached hydrogen (secondary N) is 2. The van der Waals surface area contributed by atoms with E-state index in [2.05, 4.69) is 39.3 Å². The highest BCUT2D eigenvalue weighted by molar-refractivity contribution is 14.0. The normalized spacial score (nSPS) is 15.6. The van der Waals surface area contributed by atoms with E-state index >= 15 is 0 Å². The average molecular weight is 518 g/mol. The van der Waals surface area contributed by atoms with E-state index in [1.807, 2.05) is 30.3 Å². The summed E-state index contributed by atoms with van der Waals surface area (Å²) in [5, 5.41) is 6.78. The van der Waals surface area contributed by atoms with Gasteiger partial charge in [-0.2, -0.15) is 0 Å². The number of hydrogen-bond acceptors (Lipinski definition) is 4. The zero-order valence-corrected chi connectivity index (χ0v) is 20.6. The Hall–Kier alpha value is -1.06. The lowest BCUT2D eigenvalue weighted by Gasteiger charge is -2.34. The zero-order valence-electron chi connectivity index (χ0n) is 18.2. The van der Waals surface area contributed by atoms with Gasteiger partial charge in [0.25, 0.3) is 0 Å². The van der Waals surface area contributed by atoms with Crippen LogP contribution >= 0.6 is 24.0 Å². The van der Waals surface area contributed by atoms with Gasteiger partial charge in [-0.3, -0.25) is 4.99 Å². The first-order chi connectivity index (χ1) is 13.8. The summed E-state index contributed by atoms with van der Waals surface area (Å²) in [6, 6.07) is 9.95. The fourth-order valence-corrected chi connectivity index (χ4v) is 3.30. The molecule has 6 nitrogen and oxygen atoms in total. The minimum atomic E-state index is 0. The van der Waals surface area contributed by atoms with Gasteiger partial charge in [-0.1, -0.05) is 25.1 Å². The van der Waals surface area contributed by atoms with Crippen molar-refractivity contribution in [1.29, 1.82) is 0 Å². The van der Waals surface area contributed by atoms with Gasteiger partial charge in [0, 0.05) is 52.2 Å². The van der Waals surface area contributed by atoms with Gasteiger partial charge >= 0.3 is 0 Å². The molecule has 0 aliphatic carbocycles. The van der Waals surface area contributed by atoms with Gasteiger partial charge < -0.3 is 25.2 Å². The van der Waals surface area contributed by atoms with Crippen LogP contribution in [-0.2, 0) is 0 Å². The third-order valence-corrected chi connectivity index (χ3v) is 5.03. The van der Waals surface area contributed by atoms with E-state index in [1.54, 1.807) is 0 Å². The highest BCUT2D eigenvalue weighted by atomic mass is 127. The van der Waals surface area contributed by atoms with Gasteiger partial charge in [-0.15, -0.1) is 24.0 Å². The first-order valence-corrected chi connectivity index (χ1v) is 11.0. The number of hydrogen-bond donors (Lipinski definition) is 2. The number of piperazine rings is 1. The Morgan fingerprint density at radius 2 is 1.69 bits per heavy atom. The number of para-hydroxylation sites is 1. The van der Waals surface area contributed by atoms with E-state index in [0.717, 1.165) is 37.8 Å². The summed E-state index contributed by atoms with van der Waals surface area (Å²) >= 11 is 0. The Kier molecular flexibility index (Phi) is 15.0. The van der Waals surface area contributed by atoms with Crippen molar-refractivity contribution in [2.24, 2.45) is 4.99 Å². The molecule has 1 aliphatic heterocycles. The highest BCUT2D eigenvalue weighted by Crippen LogP contribution is 2.08. The Morgan fingerprint density at radius 1 is 0.966 bits per heavy atom. The van der Waals surface area contributed by atoms with E-state index in [0.29, 0.717) is 6.61 Å². The maximum absolute atomic E-state index is 5.71. The monoisotopic (exact) mass is 517 g/mol. The van der Waals surface area contributed by atoms with E-state index < -0.39 is 0 Å². The van der Waals surface area contributed by atoms with E-state index in [-0.39, 0.29) is 24.0 Å². The second-order valence-electron chi connectivity index (χ2n) is 7.19. The van der Waals surface area contributed by atoms with Crippen LogP contribution < -0.4 is 15.4 Å². The average Bonchev–Trinajstić information content (AvgIpc) is 2.74. The largest absolute Gasteiger partial charge is 0.494 e. The molecule has 1 aromatic rings. The van der Waals surface area contributed by atoms with E-state index in [9.17, 15) is 0 Å². The van der Waals surface area contributed by atoms with Crippen LogP contribution in [0.1, 0.15) is 33.1 Å². The first kappa shape index (κ1) is 26.0. The smallest absolute Gasteiger partial charge is 0.191 e. The van der Waals surface area contributed by atoms with Crippen LogP contribution in [0.3, 0.4) is 0 Å². The minimum absolute atomic E-state index is 0. The standard InChI is InChI=1S/C22H39N5O.HI/c1-3-23-22(25-14-10-20-28-21-11-6-5-7-12-21)24-13-8-9-15-27-18-16-26(4-2)17-19-27;/h5-7,11-12H,3-4,8-10,13-20H2,1-2H3,(H2,23,24,25);1H. The summed E-state index contributed by atoms with van der Waals surface area (Å²) < 4.78 is 5.71. The third kappa shape index (κ3) is 11.6. The van der Waals surface area contributed by atoms with Crippen molar-refractivity contribution < 1.29 is 4.74 Å². The van der Waals surface area contributed by atoms with Crippen LogP contribution in [0.4, 0.5) is 0 Å². The van der Waals surface area contributed by atoms with Crippen LogP contribution in [0.15, 0.2) is 35.3 Å². The number of aliphatic imine (C=N–C) groups is 1. The van der Waals surface area contributed by atoms with Gasteiger partial charge in [-0.25, -0.2) is 0 Å². The maximum atomic E-state index is 5.71. The van der Waals surface area contributed by atoms with Crippen molar-refractivity contribution in [1.82, 2.24) is 20.4 Å². The summed E-state index contributed by atoms with van der Waals surface area (Å²) in [5.74, 6) is 1.84. The van der Waals surface area contributed by atoms with Crippen molar-refractivity contribution in [3.8, 4) is 5.75 Å². The van der Waals surface area contributed by atoms with Gasteiger partial charge in [0.15, 0.2) is 5.96 Å². The topological polar surface area (TPSA) is 52.1 Å². The molecule has 0 saturated carbocycles. The minimum Gasteiger partial charge on any atom is -0.494 e. The van der Waals surface area contributed by atoms with Crippen LogP contribution in [-0.4, -0.2) is 81.3 Å². The van der Waals surface area contributed by atoms with Crippen LogP contribution in [0.25, 0.3) is 0 Å². The second kappa shape index (κ2) is 16.7. The number of unbranched alkanes of at least 4 members (excludes halogenated alkanes) is 1. The maximum Gasteiger partial charge on any atom is 0.191 e. The number of benzene rings is 1. The molecule has 7 heteroatoms. The van der Waals surface area contributed by atoms with Crippen molar-refractivity contribution in [3.05, 3.63) is 30.3 Å². The molecule has 1 saturated heterocycles. The molecule has 1 aromatic carbocycles. The van der Waals surface area contributed by atoms with E-state index in [1.165, 1.54) is 52.1 Å². The number of guanidine groups is 1. The number of halogens is 1. The SMILES string of the molecule is CCNC(=NCCCOc1ccccc1)NCCCCN1CCN(CC)CC1.I. The molecule has 0 aromatic heterocycles.